The first-order valence-electron chi connectivity index (χ1n) is 8.12. The number of aromatic nitrogens is 1. The lowest BCUT2D eigenvalue weighted by atomic mass is 10.1. The number of nitrogens with one attached hydrogen (secondary N) is 2. The van der Waals surface area contributed by atoms with Gasteiger partial charge in [-0.3, -0.25) is 9.59 Å². The third-order valence-corrected chi connectivity index (χ3v) is 5.71. The van der Waals surface area contributed by atoms with E-state index in [1.165, 1.54) is 18.3 Å². The molecule has 2 N–H and O–H groups in total. The van der Waals surface area contributed by atoms with E-state index in [1.807, 2.05) is 54.9 Å². The minimum atomic E-state index is -0.192. The fraction of sp³-hybridized carbons (Fsp3) is 0.211. The molecular weight excluding hydrogens is 366 g/mol. The second kappa shape index (κ2) is 7.80. The van der Waals surface area contributed by atoms with Crippen LogP contribution in [0.25, 0.3) is 10.6 Å². The summed E-state index contributed by atoms with van der Waals surface area (Å²) in [6.07, 6.45) is 0. The summed E-state index contributed by atoms with van der Waals surface area (Å²) in [4.78, 5) is 29.0. The van der Waals surface area contributed by atoms with Crippen molar-refractivity contribution in [2.75, 3.05) is 5.32 Å². The summed E-state index contributed by atoms with van der Waals surface area (Å²) in [7, 11) is 0. The molecule has 3 aromatic rings. The van der Waals surface area contributed by atoms with Gasteiger partial charge < -0.3 is 10.6 Å². The fourth-order valence-electron chi connectivity index (χ4n) is 2.55. The molecule has 2 amide bonds. The summed E-state index contributed by atoms with van der Waals surface area (Å²) in [6, 6.07) is 9.27. The summed E-state index contributed by atoms with van der Waals surface area (Å²) < 4.78 is 0. The van der Waals surface area contributed by atoms with Gasteiger partial charge in [0.1, 0.15) is 9.88 Å². The van der Waals surface area contributed by atoms with Crippen LogP contribution in [0.4, 0.5) is 5.69 Å². The van der Waals surface area contributed by atoms with Gasteiger partial charge in [0.15, 0.2) is 0 Å². The predicted octanol–water partition coefficient (Wildman–Crippen LogP) is 4.63. The number of rotatable bonds is 5. The number of carbonyl (C=O) groups excluding carboxylic acids is 2. The number of thiazole rings is 1. The molecule has 7 heteroatoms. The third-order valence-electron chi connectivity index (χ3n) is 3.83. The van der Waals surface area contributed by atoms with Crippen LogP contribution in [0.5, 0.6) is 0 Å². The van der Waals surface area contributed by atoms with Crippen molar-refractivity contribution in [2.45, 2.75) is 26.8 Å². The molecule has 5 nitrogen and oxygen atoms in total. The molecule has 0 spiro atoms. The second-order valence-corrected chi connectivity index (χ2v) is 7.73. The van der Waals surface area contributed by atoms with Gasteiger partial charge in [-0.1, -0.05) is 12.1 Å². The first-order valence-corrected chi connectivity index (χ1v) is 9.88. The molecule has 0 radical (unpaired) electrons. The highest BCUT2D eigenvalue weighted by Crippen LogP contribution is 2.29. The van der Waals surface area contributed by atoms with Crippen LogP contribution < -0.4 is 10.6 Å². The van der Waals surface area contributed by atoms with Crippen LogP contribution in [0.2, 0.25) is 0 Å². The van der Waals surface area contributed by atoms with Crippen molar-refractivity contribution in [1.29, 1.82) is 0 Å². The topological polar surface area (TPSA) is 71.1 Å². The molecule has 2 aromatic heterocycles. The lowest BCUT2D eigenvalue weighted by Gasteiger charge is -2.15. The van der Waals surface area contributed by atoms with Crippen molar-refractivity contribution >= 4 is 40.2 Å². The van der Waals surface area contributed by atoms with Gasteiger partial charge in [-0.05, 0) is 43.0 Å². The van der Waals surface area contributed by atoms with Crippen molar-refractivity contribution < 1.29 is 9.59 Å². The average Bonchev–Trinajstić information content (AvgIpc) is 3.23. The lowest BCUT2D eigenvalue weighted by molar-refractivity contribution is -0.114. The number of amides is 2. The van der Waals surface area contributed by atoms with E-state index in [0.717, 1.165) is 21.8 Å². The monoisotopic (exact) mass is 385 g/mol. The normalized spacial score (nSPS) is 11.8. The predicted molar refractivity (Wildman–Crippen MR) is 107 cm³/mol. The Kier molecular flexibility index (Phi) is 5.49. The molecule has 0 saturated heterocycles. The smallest absolute Gasteiger partial charge is 0.263 e. The highest BCUT2D eigenvalue weighted by Gasteiger charge is 2.19. The molecule has 0 aliphatic carbocycles. The summed E-state index contributed by atoms with van der Waals surface area (Å²) in [5.74, 6) is -0.265. The Morgan fingerprint density at radius 2 is 2.04 bits per heavy atom. The number of nitrogens with zero attached hydrogens (tertiary/aromatic N) is 1. The number of thiophene rings is 1. The lowest BCUT2D eigenvalue weighted by Crippen LogP contribution is -2.26. The quantitative estimate of drug-likeness (QED) is 0.673. The maximum Gasteiger partial charge on any atom is 0.263 e. The number of hydrogen-bond donors (Lipinski definition) is 2. The Bertz CT molecular complexity index is 932. The molecule has 26 heavy (non-hydrogen) atoms. The van der Waals surface area contributed by atoms with Gasteiger partial charge in [-0.15, -0.1) is 11.3 Å². The van der Waals surface area contributed by atoms with Crippen molar-refractivity contribution in [3.05, 3.63) is 57.2 Å². The summed E-state index contributed by atoms with van der Waals surface area (Å²) in [6.45, 7) is 5.24. The molecule has 0 aliphatic heterocycles. The molecule has 0 bridgehead atoms. The van der Waals surface area contributed by atoms with Crippen molar-refractivity contribution in [3.8, 4) is 10.6 Å². The minimum absolute atomic E-state index is 0.125. The van der Waals surface area contributed by atoms with Gasteiger partial charge in [-0.25, -0.2) is 4.98 Å². The molecule has 0 fully saturated rings. The zero-order chi connectivity index (χ0) is 18.7. The molecule has 1 aromatic carbocycles. The third kappa shape index (κ3) is 4.17. The number of anilines is 1. The van der Waals surface area contributed by atoms with Crippen LogP contribution in [0, 0.1) is 6.92 Å². The molecule has 0 aliphatic rings. The number of hydrogen-bond acceptors (Lipinski definition) is 5. The minimum Gasteiger partial charge on any atom is -0.345 e. The molecule has 0 unspecified atom stereocenters. The first kappa shape index (κ1) is 18.3. The van der Waals surface area contributed by atoms with Gasteiger partial charge >= 0.3 is 0 Å². The van der Waals surface area contributed by atoms with Gasteiger partial charge in [0.2, 0.25) is 5.91 Å². The largest absolute Gasteiger partial charge is 0.345 e. The zero-order valence-electron chi connectivity index (χ0n) is 14.7. The van der Waals surface area contributed by atoms with Crippen molar-refractivity contribution in [1.82, 2.24) is 10.3 Å². The van der Waals surface area contributed by atoms with E-state index in [-0.39, 0.29) is 17.9 Å². The SMILES string of the molecule is CC(=O)Nc1cccc([C@H](C)NC(=O)c2sc(-c3ccsc3)nc2C)c1. The van der Waals surface area contributed by atoms with Crippen LogP contribution in [0.1, 0.15) is 40.8 Å². The van der Waals surface area contributed by atoms with E-state index < -0.39 is 0 Å². The van der Waals surface area contributed by atoms with Crippen LogP contribution in [-0.4, -0.2) is 16.8 Å². The molecule has 0 saturated carbocycles. The second-order valence-electron chi connectivity index (χ2n) is 5.95. The van der Waals surface area contributed by atoms with Crippen molar-refractivity contribution in [2.24, 2.45) is 0 Å². The Labute approximate surface area is 160 Å². The van der Waals surface area contributed by atoms with Crippen molar-refractivity contribution in [3.63, 3.8) is 0 Å². The molecular formula is C19H19N3O2S2. The highest BCUT2D eigenvalue weighted by molar-refractivity contribution is 7.17. The van der Waals surface area contributed by atoms with Crippen LogP contribution >= 0.6 is 22.7 Å². The molecule has 1 atom stereocenters. The Morgan fingerprint density at radius 1 is 1.23 bits per heavy atom. The first-order chi connectivity index (χ1) is 12.4. The summed E-state index contributed by atoms with van der Waals surface area (Å²) in [5, 5.41) is 10.6. The Morgan fingerprint density at radius 3 is 2.73 bits per heavy atom. The molecule has 2 heterocycles. The maximum absolute atomic E-state index is 12.7. The van der Waals surface area contributed by atoms with Gasteiger partial charge in [0.05, 0.1) is 11.7 Å². The number of benzene rings is 1. The van der Waals surface area contributed by atoms with Crippen LogP contribution in [0.15, 0.2) is 41.1 Å². The average molecular weight is 386 g/mol. The Hall–Kier alpha value is -2.51. The van der Waals surface area contributed by atoms with E-state index in [1.54, 1.807) is 11.3 Å². The molecule has 134 valence electrons. The maximum atomic E-state index is 12.7. The Balaban J connectivity index is 1.75. The highest BCUT2D eigenvalue weighted by atomic mass is 32.1. The number of aryl methyl sites for hydroxylation is 1. The summed E-state index contributed by atoms with van der Waals surface area (Å²) in [5.41, 5.74) is 3.40. The van der Waals surface area contributed by atoms with E-state index in [0.29, 0.717) is 10.6 Å². The van der Waals surface area contributed by atoms with E-state index in [9.17, 15) is 9.59 Å². The number of carbonyl (C=O) groups is 2. The van der Waals surface area contributed by atoms with Gasteiger partial charge in [0.25, 0.3) is 5.91 Å². The standard InChI is InChI=1S/C19H19N3O2S2/c1-11(14-5-4-6-16(9-14)22-13(3)23)20-18(24)17-12(2)21-19(26-17)15-7-8-25-10-15/h4-11H,1-3H3,(H,20,24)(H,22,23)/t11-/m0/s1. The summed E-state index contributed by atoms with van der Waals surface area (Å²) >= 11 is 3.01. The van der Waals surface area contributed by atoms with E-state index >= 15 is 0 Å². The van der Waals surface area contributed by atoms with Gasteiger partial charge in [-0.2, -0.15) is 11.3 Å². The van der Waals surface area contributed by atoms with Crippen LogP contribution in [-0.2, 0) is 4.79 Å². The van der Waals surface area contributed by atoms with Crippen LogP contribution in [0.3, 0.4) is 0 Å². The zero-order valence-corrected chi connectivity index (χ0v) is 16.3. The fourth-order valence-corrected chi connectivity index (χ4v) is 4.23. The van der Waals surface area contributed by atoms with Gasteiger partial charge in [0, 0.05) is 23.6 Å². The van der Waals surface area contributed by atoms with E-state index in [2.05, 4.69) is 15.6 Å². The molecule has 3 rings (SSSR count). The van der Waals surface area contributed by atoms with E-state index in [4.69, 9.17) is 0 Å².